The fraction of sp³-hybridized carbons (Fsp3) is 0.735. The highest BCUT2D eigenvalue weighted by molar-refractivity contribution is 5.96. The van der Waals surface area contributed by atoms with Gasteiger partial charge in [-0.1, -0.05) is 20.8 Å². The normalized spacial score (nSPS) is 27.2. The molecule has 0 saturated carbocycles. The zero-order valence-corrected chi connectivity index (χ0v) is 28.3. The van der Waals surface area contributed by atoms with Gasteiger partial charge in [0.1, 0.15) is 11.8 Å². The lowest BCUT2D eigenvalue weighted by molar-refractivity contribution is -0.128. The minimum Gasteiger partial charge on any atom is -0.444 e. The van der Waals surface area contributed by atoms with Gasteiger partial charge in [0.25, 0.3) is 5.91 Å². The largest absolute Gasteiger partial charge is 0.444 e. The number of aryl methyl sites for hydroxylation is 1. The van der Waals surface area contributed by atoms with Gasteiger partial charge in [-0.15, -0.1) is 0 Å². The average Bonchev–Trinajstić information content (AvgIpc) is 3.36. The Hall–Kier alpha value is -2.89. The maximum Gasteiger partial charge on any atom is 0.410 e. The molecule has 0 aromatic heterocycles. The number of fused-ring (bicyclic) bond motifs is 1. The van der Waals surface area contributed by atoms with Crippen LogP contribution in [0.3, 0.4) is 0 Å². The Balaban J connectivity index is 1.30. The summed E-state index contributed by atoms with van der Waals surface area (Å²) >= 11 is 0. The van der Waals surface area contributed by atoms with Crippen molar-refractivity contribution in [2.24, 2.45) is 11.8 Å². The van der Waals surface area contributed by atoms with Crippen LogP contribution in [0.25, 0.3) is 0 Å². The number of hydrazine groups is 1. The summed E-state index contributed by atoms with van der Waals surface area (Å²) in [6.45, 7) is 17.8. The molecule has 0 spiro atoms. The van der Waals surface area contributed by atoms with Crippen molar-refractivity contribution in [2.75, 3.05) is 44.7 Å². The van der Waals surface area contributed by atoms with Crippen LogP contribution >= 0.6 is 0 Å². The first-order valence-electron chi connectivity index (χ1n) is 16.9. The molecule has 4 atom stereocenters. The number of nitrogens with zero attached hydrogens (tertiary/aromatic N) is 3. The number of piperidine rings is 2. The van der Waals surface area contributed by atoms with Crippen molar-refractivity contribution in [2.45, 2.75) is 110 Å². The number of benzene rings is 1. The zero-order valence-electron chi connectivity index (χ0n) is 28.3. The van der Waals surface area contributed by atoms with Crippen LogP contribution in [0, 0.1) is 18.8 Å². The van der Waals surface area contributed by atoms with E-state index in [1.165, 1.54) is 0 Å². The van der Waals surface area contributed by atoms with Crippen LogP contribution in [-0.2, 0) is 14.3 Å². The summed E-state index contributed by atoms with van der Waals surface area (Å²) in [6, 6.07) is 5.99. The topological polar surface area (TPSA) is 115 Å². The number of morpholine rings is 1. The van der Waals surface area contributed by atoms with Crippen LogP contribution in [-0.4, -0.2) is 101 Å². The second-order valence-electron chi connectivity index (χ2n) is 14.7. The third kappa shape index (κ3) is 7.25. The molecule has 11 heteroatoms. The number of anilines is 1. The summed E-state index contributed by atoms with van der Waals surface area (Å²) in [5.41, 5.74) is 5.48. The molecule has 4 heterocycles. The van der Waals surface area contributed by atoms with Gasteiger partial charge in [0, 0.05) is 49.0 Å². The Bertz CT molecular complexity index is 1240. The fourth-order valence-electron chi connectivity index (χ4n) is 7.60. The monoisotopic (exact) mass is 626 g/mol. The molecule has 4 aliphatic heterocycles. The van der Waals surface area contributed by atoms with Crippen LogP contribution in [0.1, 0.15) is 89.6 Å². The van der Waals surface area contributed by atoms with E-state index >= 15 is 0 Å². The Morgan fingerprint density at radius 1 is 1.18 bits per heavy atom. The van der Waals surface area contributed by atoms with Gasteiger partial charge in [-0.3, -0.25) is 9.59 Å². The molecule has 250 valence electrons. The molecule has 4 aliphatic rings. The standard InChI is InChI=1S/C34H54N6O5/c1-8-34(12-15-38(16-13-34)32(43)45-33(5,6)7)40-27-11-14-35-30(41)28(27)29(37-40)36-24-9-10-26(23(4)20-24)31(42)39-17-18-44-21-25(39)19-22(2)3/h9-10,20,22,25,27-29,36-37H,8,11-19,21H2,1-7H3,(H,35,41). The van der Waals surface area contributed by atoms with Gasteiger partial charge in [0.05, 0.1) is 25.2 Å². The molecule has 0 bridgehead atoms. The third-order valence-corrected chi connectivity index (χ3v) is 9.95. The van der Waals surface area contributed by atoms with E-state index in [0.717, 1.165) is 43.4 Å². The molecule has 4 saturated heterocycles. The van der Waals surface area contributed by atoms with Gasteiger partial charge in [-0.2, -0.15) is 0 Å². The van der Waals surface area contributed by atoms with Crippen LogP contribution < -0.4 is 16.1 Å². The highest BCUT2D eigenvalue weighted by Gasteiger charge is 2.54. The van der Waals surface area contributed by atoms with Gasteiger partial charge in [0.15, 0.2) is 0 Å². The predicted molar refractivity (Wildman–Crippen MR) is 174 cm³/mol. The number of carbonyl (C=O) groups is 3. The number of ether oxygens (including phenoxy) is 2. The second kappa shape index (κ2) is 13.5. The molecule has 1 aromatic carbocycles. The molecular formula is C34H54N6O5. The lowest BCUT2D eigenvalue weighted by atomic mass is 9.81. The maximum atomic E-state index is 13.7. The lowest BCUT2D eigenvalue weighted by Gasteiger charge is -2.49. The minimum atomic E-state index is -0.531. The molecule has 11 nitrogen and oxygen atoms in total. The Kier molecular flexibility index (Phi) is 10.0. The van der Waals surface area contributed by atoms with Crippen molar-refractivity contribution < 1.29 is 23.9 Å². The molecule has 4 unspecified atom stereocenters. The van der Waals surface area contributed by atoms with Gasteiger partial charge in [0.2, 0.25) is 5.91 Å². The van der Waals surface area contributed by atoms with Crippen molar-refractivity contribution in [3.63, 3.8) is 0 Å². The molecule has 0 aliphatic carbocycles. The average molecular weight is 627 g/mol. The number of hydrogen-bond donors (Lipinski definition) is 3. The van der Waals surface area contributed by atoms with Gasteiger partial charge in [-0.25, -0.2) is 15.2 Å². The number of carbonyl (C=O) groups excluding carboxylic acids is 3. The van der Waals surface area contributed by atoms with E-state index in [4.69, 9.17) is 9.47 Å². The summed E-state index contributed by atoms with van der Waals surface area (Å²) < 4.78 is 11.3. The summed E-state index contributed by atoms with van der Waals surface area (Å²) in [5, 5.41) is 9.04. The van der Waals surface area contributed by atoms with E-state index in [2.05, 4.69) is 41.8 Å². The van der Waals surface area contributed by atoms with E-state index in [9.17, 15) is 14.4 Å². The molecule has 0 radical (unpaired) electrons. The number of amides is 3. The Labute approximate surface area is 268 Å². The Morgan fingerprint density at radius 2 is 1.91 bits per heavy atom. The number of likely N-dealkylation sites (tertiary alicyclic amines) is 1. The smallest absolute Gasteiger partial charge is 0.410 e. The molecule has 3 amide bonds. The first-order chi connectivity index (χ1) is 21.3. The summed E-state index contributed by atoms with van der Waals surface area (Å²) in [5.74, 6) is 0.289. The third-order valence-electron chi connectivity index (χ3n) is 9.95. The predicted octanol–water partition coefficient (Wildman–Crippen LogP) is 4.12. The minimum absolute atomic E-state index is 0.0328. The lowest BCUT2D eigenvalue weighted by Crippen LogP contribution is -2.62. The van der Waals surface area contributed by atoms with Crippen LogP contribution in [0.2, 0.25) is 0 Å². The van der Waals surface area contributed by atoms with Crippen LogP contribution in [0.5, 0.6) is 0 Å². The number of hydrogen-bond acceptors (Lipinski definition) is 8. The van der Waals surface area contributed by atoms with Crippen LogP contribution in [0.4, 0.5) is 10.5 Å². The second-order valence-corrected chi connectivity index (χ2v) is 14.7. The van der Waals surface area contributed by atoms with Gasteiger partial charge in [-0.05, 0) is 89.5 Å². The van der Waals surface area contributed by atoms with Gasteiger partial charge >= 0.3 is 6.09 Å². The van der Waals surface area contributed by atoms with E-state index in [-0.39, 0.29) is 47.6 Å². The molecule has 1 aromatic rings. The van der Waals surface area contributed by atoms with Crippen molar-refractivity contribution in [1.29, 1.82) is 0 Å². The zero-order chi connectivity index (χ0) is 32.5. The first kappa shape index (κ1) is 33.5. The van der Waals surface area contributed by atoms with Crippen molar-refractivity contribution in [3.05, 3.63) is 29.3 Å². The van der Waals surface area contributed by atoms with E-state index in [0.29, 0.717) is 50.9 Å². The first-order valence-corrected chi connectivity index (χ1v) is 16.9. The fourth-order valence-corrected chi connectivity index (χ4v) is 7.60. The molecule has 45 heavy (non-hydrogen) atoms. The van der Waals surface area contributed by atoms with E-state index < -0.39 is 5.60 Å². The number of rotatable bonds is 7. The quantitative estimate of drug-likeness (QED) is 0.414. The van der Waals surface area contributed by atoms with Crippen molar-refractivity contribution in [3.8, 4) is 0 Å². The van der Waals surface area contributed by atoms with E-state index in [1.54, 1.807) is 0 Å². The highest BCUT2D eigenvalue weighted by Crippen LogP contribution is 2.40. The molecular weight excluding hydrogens is 572 g/mol. The van der Waals surface area contributed by atoms with Gasteiger partial charge < -0.3 is 29.9 Å². The molecule has 4 fully saturated rings. The SMILES string of the molecule is CCC1(N2NC(Nc3ccc(C(=O)N4CCOCC4CC(C)C)c(C)c3)C3C(=O)NCCC32)CCN(C(=O)OC(C)(C)C)CC1. The van der Waals surface area contributed by atoms with Crippen molar-refractivity contribution in [1.82, 2.24) is 25.6 Å². The van der Waals surface area contributed by atoms with Crippen LogP contribution in [0.15, 0.2) is 18.2 Å². The number of nitrogens with one attached hydrogen (secondary N) is 3. The highest BCUT2D eigenvalue weighted by atomic mass is 16.6. The Morgan fingerprint density at radius 3 is 2.56 bits per heavy atom. The summed E-state index contributed by atoms with van der Waals surface area (Å²) in [4.78, 5) is 43.6. The maximum absolute atomic E-state index is 13.7. The van der Waals surface area contributed by atoms with E-state index in [1.807, 2.05) is 55.7 Å². The molecule has 5 rings (SSSR count). The summed E-state index contributed by atoms with van der Waals surface area (Å²) in [6.07, 6.45) is 3.68. The molecule has 3 N–H and O–H groups in total. The van der Waals surface area contributed by atoms with Crippen molar-refractivity contribution >= 4 is 23.6 Å². The summed E-state index contributed by atoms with van der Waals surface area (Å²) in [7, 11) is 0.